The lowest BCUT2D eigenvalue weighted by atomic mass is 9.87. The summed E-state index contributed by atoms with van der Waals surface area (Å²) in [6, 6.07) is 17.5. The Hall–Kier alpha value is -2.13. The Balaban J connectivity index is 2.15. The Morgan fingerprint density at radius 3 is 2.35 bits per heavy atom. The molecule has 122 valence electrons. The summed E-state index contributed by atoms with van der Waals surface area (Å²) in [7, 11) is 0. The van der Waals surface area contributed by atoms with Crippen LogP contribution in [0.5, 0.6) is 0 Å². The molecule has 0 radical (unpaired) electrons. The van der Waals surface area contributed by atoms with Crippen LogP contribution in [0.4, 0.5) is 0 Å². The van der Waals surface area contributed by atoms with E-state index in [2.05, 4.69) is 5.32 Å². The number of rotatable bonds is 6. The van der Waals surface area contributed by atoms with Gasteiger partial charge in [-0.2, -0.15) is 0 Å². The van der Waals surface area contributed by atoms with Crippen molar-refractivity contribution in [3.05, 3.63) is 60.2 Å². The molecule has 0 heterocycles. The van der Waals surface area contributed by atoms with Crippen molar-refractivity contribution in [1.29, 1.82) is 0 Å². The van der Waals surface area contributed by atoms with Crippen molar-refractivity contribution in [2.24, 2.45) is 5.41 Å². The van der Waals surface area contributed by atoms with Crippen LogP contribution >= 0.6 is 0 Å². The third-order valence-corrected chi connectivity index (χ3v) is 3.83. The molecule has 0 aliphatic heterocycles. The van der Waals surface area contributed by atoms with Gasteiger partial charge in [-0.25, -0.2) is 0 Å². The van der Waals surface area contributed by atoms with Gasteiger partial charge in [0, 0.05) is 12.1 Å². The van der Waals surface area contributed by atoms with E-state index in [-0.39, 0.29) is 17.4 Å². The predicted octanol–water partition coefficient (Wildman–Crippen LogP) is 3.88. The minimum Gasteiger partial charge on any atom is -0.393 e. The second-order valence-corrected chi connectivity index (χ2v) is 6.81. The Morgan fingerprint density at radius 2 is 1.70 bits per heavy atom. The van der Waals surface area contributed by atoms with Crippen molar-refractivity contribution in [1.82, 2.24) is 5.32 Å². The summed E-state index contributed by atoms with van der Waals surface area (Å²) in [6.45, 7) is 6.39. The normalized spacial score (nSPS) is 12.7. The Morgan fingerprint density at radius 1 is 1.09 bits per heavy atom. The fourth-order valence-corrected chi connectivity index (χ4v) is 2.84. The summed E-state index contributed by atoms with van der Waals surface area (Å²) in [5, 5.41) is 12.6. The Kier molecular flexibility index (Phi) is 5.56. The summed E-state index contributed by atoms with van der Waals surface area (Å²) in [4.78, 5) is 12.6. The van der Waals surface area contributed by atoms with Crippen LogP contribution in [0, 0.1) is 5.41 Å². The summed E-state index contributed by atoms with van der Waals surface area (Å²) < 4.78 is 0. The molecule has 1 unspecified atom stereocenters. The first kappa shape index (κ1) is 17.2. The molecule has 0 aliphatic rings. The van der Waals surface area contributed by atoms with Crippen LogP contribution in [-0.4, -0.2) is 23.7 Å². The van der Waals surface area contributed by atoms with Crippen LogP contribution in [0.3, 0.4) is 0 Å². The van der Waals surface area contributed by atoms with E-state index in [0.717, 1.165) is 11.1 Å². The van der Waals surface area contributed by atoms with Crippen molar-refractivity contribution >= 4 is 5.91 Å². The molecule has 0 spiro atoms. The maximum absolute atomic E-state index is 12.6. The van der Waals surface area contributed by atoms with Crippen molar-refractivity contribution in [3.8, 4) is 11.1 Å². The topological polar surface area (TPSA) is 49.3 Å². The van der Waals surface area contributed by atoms with Gasteiger partial charge in [-0.3, -0.25) is 4.79 Å². The maximum atomic E-state index is 12.6. The quantitative estimate of drug-likeness (QED) is 0.850. The first-order valence-electron chi connectivity index (χ1n) is 8.00. The van der Waals surface area contributed by atoms with Crippen LogP contribution in [-0.2, 0) is 0 Å². The number of aliphatic hydroxyl groups is 1. The largest absolute Gasteiger partial charge is 0.393 e. The van der Waals surface area contributed by atoms with E-state index in [4.69, 9.17) is 0 Å². The molecular formula is C20H25NO2. The molecule has 3 heteroatoms. The van der Waals surface area contributed by atoms with Crippen LogP contribution in [0.15, 0.2) is 54.6 Å². The van der Waals surface area contributed by atoms with Gasteiger partial charge >= 0.3 is 0 Å². The Labute approximate surface area is 138 Å². The number of amides is 1. The number of hydrogen-bond acceptors (Lipinski definition) is 2. The summed E-state index contributed by atoms with van der Waals surface area (Å²) in [5.74, 6) is -0.0804. The van der Waals surface area contributed by atoms with E-state index < -0.39 is 0 Å². The summed E-state index contributed by atoms with van der Waals surface area (Å²) in [5.41, 5.74) is 2.48. The van der Waals surface area contributed by atoms with Crippen molar-refractivity contribution in [2.45, 2.75) is 33.3 Å². The number of benzene rings is 2. The third kappa shape index (κ3) is 4.93. The molecule has 2 rings (SSSR count). The number of carbonyl (C=O) groups is 1. The highest BCUT2D eigenvalue weighted by Gasteiger charge is 2.22. The molecule has 1 amide bonds. The Bertz CT molecular complexity index is 648. The lowest BCUT2D eigenvalue weighted by Crippen LogP contribution is -2.35. The molecule has 3 nitrogen and oxygen atoms in total. The molecule has 1 atom stereocenters. The zero-order chi connectivity index (χ0) is 16.9. The van der Waals surface area contributed by atoms with Crippen molar-refractivity contribution in [3.63, 3.8) is 0 Å². The monoisotopic (exact) mass is 311 g/mol. The van der Waals surface area contributed by atoms with Crippen LogP contribution in [0.25, 0.3) is 11.1 Å². The molecule has 0 fully saturated rings. The molecular weight excluding hydrogens is 286 g/mol. The number of hydrogen-bond donors (Lipinski definition) is 2. The fraction of sp³-hybridized carbons (Fsp3) is 0.350. The molecule has 2 aromatic rings. The SMILES string of the molecule is CC(O)CC(C)(C)CNC(=O)c1ccccc1-c1ccccc1. The highest BCUT2D eigenvalue weighted by Crippen LogP contribution is 2.24. The van der Waals surface area contributed by atoms with Gasteiger partial charge < -0.3 is 10.4 Å². The minimum atomic E-state index is -0.376. The van der Waals surface area contributed by atoms with E-state index in [1.54, 1.807) is 6.92 Å². The lowest BCUT2D eigenvalue weighted by Gasteiger charge is -2.26. The molecule has 0 aromatic heterocycles. The zero-order valence-electron chi connectivity index (χ0n) is 14.0. The van der Waals surface area contributed by atoms with Gasteiger partial charge in [0.05, 0.1) is 6.10 Å². The maximum Gasteiger partial charge on any atom is 0.251 e. The average molecular weight is 311 g/mol. The molecule has 0 bridgehead atoms. The van der Waals surface area contributed by atoms with E-state index in [0.29, 0.717) is 18.5 Å². The van der Waals surface area contributed by atoms with E-state index in [9.17, 15) is 9.90 Å². The van der Waals surface area contributed by atoms with Gasteiger partial charge in [0.1, 0.15) is 0 Å². The molecule has 23 heavy (non-hydrogen) atoms. The molecule has 0 saturated carbocycles. The second kappa shape index (κ2) is 7.42. The van der Waals surface area contributed by atoms with Gasteiger partial charge in [0.25, 0.3) is 5.91 Å². The fourth-order valence-electron chi connectivity index (χ4n) is 2.84. The molecule has 2 aromatic carbocycles. The lowest BCUT2D eigenvalue weighted by molar-refractivity contribution is 0.0902. The molecule has 0 aliphatic carbocycles. The van der Waals surface area contributed by atoms with Crippen molar-refractivity contribution < 1.29 is 9.90 Å². The minimum absolute atomic E-state index is 0.0804. The highest BCUT2D eigenvalue weighted by atomic mass is 16.3. The van der Waals surface area contributed by atoms with Gasteiger partial charge in [0.2, 0.25) is 0 Å². The third-order valence-electron chi connectivity index (χ3n) is 3.83. The van der Waals surface area contributed by atoms with Gasteiger partial charge in [-0.1, -0.05) is 62.4 Å². The smallest absolute Gasteiger partial charge is 0.251 e. The predicted molar refractivity (Wildman–Crippen MR) is 94.3 cm³/mol. The molecule has 0 saturated heterocycles. The first-order chi connectivity index (χ1) is 10.9. The first-order valence-corrected chi connectivity index (χ1v) is 8.00. The van der Waals surface area contributed by atoms with Gasteiger partial charge in [-0.05, 0) is 36.0 Å². The van der Waals surface area contributed by atoms with Crippen LogP contribution < -0.4 is 5.32 Å². The van der Waals surface area contributed by atoms with Crippen LogP contribution in [0.2, 0.25) is 0 Å². The highest BCUT2D eigenvalue weighted by molar-refractivity contribution is 6.00. The van der Waals surface area contributed by atoms with E-state index in [1.807, 2.05) is 68.4 Å². The van der Waals surface area contributed by atoms with E-state index >= 15 is 0 Å². The average Bonchev–Trinajstić information content (AvgIpc) is 2.52. The summed E-state index contributed by atoms with van der Waals surface area (Å²) >= 11 is 0. The number of carbonyl (C=O) groups excluding carboxylic acids is 1. The van der Waals surface area contributed by atoms with Crippen molar-refractivity contribution in [2.75, 3.05) is 6.54 Å². The second-order valence-electron chi connectivity index (χ2n) is 6.81. The van der Waals surface area contributed by atoms with Gasteiger partial charge in [-0.15, -0.1) is 0 Å². The number of nitrogens with one attached hydrogen (secondary N) is 1. The van der Waals surface area contributed by atoms with Gasteiger partial charge in [0.15, 0.2) is 0 Å². The van der Waals surface area contributed by atoms with Crippen LogP contribution in [0.1, 0.15) is 37.6 Å². The standard InChI is InChI=1S/C20H25NO2/c1-15(22)13-20(2,3)14-21-19(23)18-12-8-7-11-17(18)16-9-5-4-6-10-16/h4-12,15,22H,13-14H2,1-3H3,(H,21,23). The number of aliphatic hydroxyl groups excluding tert-OH is 1. The zero-order valence-corrected chi connectivity index (χ0v) is 14.0. The molecule has 2 N–H and O–H groups in total. The summed E-state index contributed by atoms with van der Waals surface area (Å²) in [6.07, 6.45) is 0.270. The van der Waals surface area contributed by atoms with E-state index in [1.165, 1.54) is 0 Å².